The van der Waals surface area contributed by atoms with Crippen LogP contribution < -0.4 is 9.47 Å². The highest BCUT2D eigenvalue weighted by Gasteiger charge is 2.08. The lowest BCUT2D eigenvalue weighted by Crippen LogP contribution is -1.98. The van der Waals surface area contributed by atoms with E-state index in [1.165, 1.54) is 0 Å². The van der Waals surface area contributed by atoms with Gasteiger partial charge in [0.05, 0.1) is 19.9 Å². The maximum absolute atomic E-state index is 5.52. The monoisotopic (exact) mass is 355 g/mol. The summed E-state index contributed by atoms with van der Waals surface area (Å²) in [6, 6.07) is 9.31. The molecule has 1 N–H and O–H groups in total. The Kier molecular flexibility index (Phi) is 5.20. The highest BCUT2D eigenvalue weighted by molar-refractivity contribution is 7.71. The Hall–Kier alpha value is -3.00. The van der Waals surface area contributed by atoms with Gasteiger partial charge in [0, 0.05) is 18.0 Å². The molecule has 0 spiro atoms. The Morgan fingerprint density at radius 3 is 2.92 bits per heavy atom. The minimum Gasteiger partial charge on any atom is -0.493 e. The molecule has 0 unspecified atom stereocenters. The molecule has 0 fully saturated rings. The number of rotatable bonds is 6. The van der Waals surface area contributed by atoms with Crippen molar-refractivity contribution in [2.45, 2.75) is 6.92 Å². The molecule has 3 aromatic rings. The molecule has 0 radical (unpaired) electrons. The summed E-state index contributed by atoms with van der Waals surface area (Å²) < 4.78 is 12.8. The third kappa shape index (κ3) is 3.74. The average Bonchev–Trinajstić information content (AvgIpc) is 3.02. The molecule has 2 aromatic heterocycles. The summed E-state index contributed by atoms with van der Waals surface area (Å²) in [4.78, 5) is 4.10. The van der Waals surface area contributed by atoms with Crippen molar-refractivity contribution in [3.8, 4) is 22.9 Å². The van der Waals surface area contributed by atoms with Gasteiger partial charge in [0.15, 0.2) is 17.3 Å². The first kappa shape index (κ1) is 16.8. The number of aromatic nitrogens is 4. The van der Waals surface area contributed by atoms with Crippen molar-refractivity contribution < 1.29 is 9.47 Å². The number of hydrogen-bond donors (Lipinski definition) is 1. The smallest absolute Gasteiger partial charge is 0.216 e. The molecule has 1 aromatic carbocycles. The summed E-state index contributed by atoms with van der Waals surface area (Å²) in [7, 11) is 1.60. The SMILES string of the molecule is CCOc1ccc(C=Nn2c(-c3cccnc3)n[nH]c2=S)cc1OC. The first-order valence-corrected chi connectivity index (χ1v) is 8.06. The van der Waals surface area contributed by atoms with Crippen molar-refractivity contribution in [2.24, 2.45) is 5.10 Å². The van der Waals surface area contributed by atoms with E-state index in [1.807, 2.05) is 37.3 Å². The average molecular weight is 355 g/mol. The number of aromatic amines is 1. The largest absolute Gasteiger partial charge is 0.493 e. The van der Waals surface area contributed by atoms with Crippen LogP contribution in [0.5, 0.6) is 11.5 Å². The highest BCUT2D eigenvalue weighted by atomic mass is 32.1. The van der Waals surface area contributed by atoms with Crippen LogP contribution in [0.4, 0.5) is 0 Å². The third-order valence-electron chi connectivity index (χ3n) is 3.38. The normalized spacial score (nSPS) is 11.0. The van der Waals surface area contributed by atoms with Crippen LogP contribution in [0.25, 0.3) is 11.4 Å². The molecule has 0 aliphatic rings. The predicted molar refractivity (Wildman–Crippen MR) is 97.8 cm³/mol. The lowest BCUT2D eigenvalue weighted by molar-refractivity contribution is 0.311. The van der Waals surface area contributed by atoms with Gasteiger partial charge in [0.25, 0.3) is 0 Å². The van der Waals surface area contributed by atoms with E-state index >= 15 is 0 Å². The van der Waals surface area contributed by atoms with E-state index in [0.717, 1.165) is 11.1 Å². The Morgan fingerprint density at radius 2 is 2.20 bits per heavy atom. The van der Waals surface area contributed by atoms with E-state index in [9.17, 15) is 0 Å². The highest BCUT2D eigenvalue weighted by Crippen LogP contribution is 2.27. The Bertz CT molecular complexity index is 934. The molecule has 0 aliphatic carbocycles. The van der Waals surface area contributed by atoms with Gasteiger partial charge in [0.2, 0.25) is 4.77 Å². The molecule has 8 heteroatoms. The maximum Gasteiger partial charge on any atom is 0.216 e. The molecule has 3 rings (SSSR count). The molecule has 0 amide bonds. The first-order valence-electron chi connectivity index (χ1n) is 7.66. The van der Waals surface area contributed by atoms with Crippen molar-refractivity contribution in [2.75, 3.05) is 13.7 Å². The summed E-state index contributed by atoms with van der Waals surface area (Å²) in [6.07, 6.45) is 5.09. The number of H-pyrrole nitrogens is 1. The first-order chi connectivity index (χ1) is 12.2. The van der Waals surface area contributed by atoms with Crippen LogP contribution in [0.2, 0.25) is 0 Å². The summed E-state index contributed by atoms with van der Waals surface area (Å²) in [5, 5.41) is 11.4. The number of pyridine rings is 1. The van der Waals surface area contributed by atoms with Crippen LogP contribution in [-0.4, -0.2) is 39.8 Å². The van der Waals surface area contributed by atoms with Gasteiger partial charge in [-0.25, -0.2) is 5.10 Å². The second kappa shape index (κ2) is 7.71. The van der Waals surface area contributed by atoms with Gasteiger partial charge < -0.3 is 9.47 Å². The molecular weight excluding hydrogens is 338 g/mol. The Balaban J connectivity index is 1.93. The number of ether oxygens (including phenoxy) is 2. The molecular formula is C17H17N5O2S. The maximum atomic E-state index is 5.52. The number of benzene rings is 1. The van der Waals surface area contributed by atoms with Gasteiger partial charge in [-0.3, -0.25) is 4.98 Å². The van der Waals surface area contributed by atoms with E-state index < -0.39 is 0 Å². The summed E-state index contributed by atoms with van der Waals surface area (Å²) in [6.45, 7) is 2.50. The number of methoxy groups -OCH3 is 1. The number of nitrogens with one attached hydrogen (secondary N) is 1. The minimum absolute atomic E-state index is 0.396. The molecule has 0 saturated heterocycles. The molecule has 0 aliphatic heterocycles. The van der Waals surface area contributed by atoms with E-state index in [2.05, 4.69) is 20.3 Å². The van der Waals surface area contributed by atoms with Crippen LogP contribution >= 0.6 is 12.2 Å². The summed E-state index contributed by atoms with van der Waals surface area (Å²) in [5.41, 5.74) is 1.66. The minimum atomic E-state index is 0.396. The van der Waals surface area contributed by atoms with E-state index in [1.54, 1.807) is 30.4 Å². The molecule has 0 bridgehead atoms. The fourth-order valence-corrected chi connectivity index (χ4v) is 2.42. The van der Waals surface area contributed by atoms with Crippen LogP contribution in [0.15, 0.2) is 47.8 Å². The standard InChI is InChI=1S/C17H17N5O2S/c1-3-24-14-7-6-12(9-15(14)23-2)10-19-22-16(20-21-17(22)25)13-5-4-8-18-11-13/h4-11H,3H2,1-2H3,(H,21,25). The number of hydrogen-bond acceptors (Lipinski definition) is 6. The van der Waals surface area contributed by atoms with Crippen molar-refractivity contribution in [3.05, 3.63) is 53.1 Å². The van der Waals surface area contributed by atoms with Crippen LogP contribution in [-0.2, 0) is 0 Å². The molecule has 7 nitrogen and oxygen atoms in total. The predicted octanol–water partition coefficient (Wildman–Crippen LogP) is 3.29. The van der Waals surface area contributed by atoms with E-state index in [0.29, 0.717) is 28.7 Å². The van der Waals surface area contributed by atoms with Gasteiger partial charge in [-0.05, 0) is 55.0 Å². The van der Waals surface area contributed by atoms with Crippen molar-refractivity contribution in [1.29, 1.82) is 0 Å². The summed E-state index contributed by atoms with van der Waals surface area (Å²) in [5.74, 6) is 1.93. The molecule has 0 saturated carbocycles. The summed E-state index contributed by atoms with van der Waals surface area (Å²) >= 11 is 5.26. The Morgan fingerprint density at radius 1 is 1.32 bits per heavy atom. The fourth-order valence-electron chi connectivity index (χ4n) is 2.24. The van der Waals surface area contributed by atoms with Crippen LogP contribution in [0.1, 0.15) is 12.5 Å². The number of nitrogens with zero attached hydrogens (tertiary/aromatic N) is 4. The van der Waals surface area contributed by atoms with Crippen molar-refractivity contribution in [1.82, 2.24) is 19.9 Å². The lowest BCUT2D eigenvalue weighted by atomic mass is 10.2. The zero-order valence-electron chi connectivity index (χ0n) is 13.8. The van der Waals surface area contributed by atoms with Gasteiger partial charge >= 0.3 is 0 Å². The van der Waals surface area contributed by atoms with Gasteiger partial charge in [-0.15, -0.1) is 0 Å². The quantitative estimate of drug-likeness (QED) is 0.542. The second-order valence-corrected chi connectivity index (χ2v) is 5.38. The molecule has 2 heterocycles. The molecule has 128 valence electrons. The van der Waals surface area contributed by atoms with Crippen LogP contribution in [0, 0.1) is 4.77 Å². The van der Waals surface area contributed by atoms with Gasteiger partial charge in [-0.1, -0.05) is 0 Å². The third-order valence-corrected chi connectivity index (χ3v) is 3.64. The van der Waals surface area contributed by atoms with E-state index in [4.69, 9.17) is 21.7 Å². The topological polar surface area (TPSA) is 77.3 Å². The van der Waals surface area contributed by atoms with Gasteiger partial charge in [0.1, 0.15) is 0 Å². The van der Waals surface area contributed by atoms with Crippen LogP contribution in [0.3, 0.4) is 0 Å². The second-order valence-electron chi connectivity index (χ2n) is 4.99. The van der Waals surface area contributed by atoms with Crippen molar-refractivity contribution in [3.63, 3.8) is 0 Å². The van der Waals surface area contributed by atoms with Crippen molar-refractivity contribution >= 4 is 18.4 Å². The molecule has 25 heavy (non-hydrogen) atoms. The van der Waals surface area contributed by atoms with Gasteiger partial charge in [-0.2, -0.15) is 14.9 Å². The van der Waals surface area contributed by atoms with E-state index in [-0.39, 0.29) is 0 Å². The fraction of sp³-hybridized carbons (Fsp3) is 0.176. The molecule has 0 atom stereocenters. The zero-order chi connectivity index (χ0) is 17.6. The zero-order valence-corrected chi connectivity index (χ0v) is 14.7. The Labute approximate surface area is 150 Å². The lowest BCUT2D eigenvalue weighted by Gasteiger charge is -2.09.